The first kappa shape index (κ1) is 21.3. The highest BCUT2D eigenvalue weighted by Crippen LogP contribution is 2.37. The Labute approximate surface area is 194 Å². The summed E-state index contributed by atoms with van der Waals surface area (Å²) in [5.74, 6) is -0.534. The lowest BCUT2D eigenvalue weighted by atomic mass is 9.96. The van der Waals surface area contributed by atoms with Gasteiger partial charge in [-0.2, -0.15) is 0 Å². The number of hydrogen-bond donors (Lipinski definition) is 3. The maximum atomic E-state index is 12.9. The van der Waals surface area contributed by atoms with Crippen molar-refractivity contribution in [2.45, 2.75) is 37.8 Å². The SMILES string of the molecule is CCC1Oc2ccc(Cl)cc2N(CC(=O)Nc2ccc3c(c2)CC2(C3)NC(=O)NC2=O)C1=O. The van der Waals surface area contributed by atoms with Crippen molar-refractivity contribution in [3.8, 4) is 5.75 Å². The highest BCUT2D eigenvalue weighted by Gasteiger charge is 2.50. The van der Waals surface area contributed by atoms with Gasteiger partial charge in [-0.1, -0.05) is 24.6 Å². The summed E-state index contributed by atoms with van der Waals surface area (Å²) in [5.41, 5.74) is 1.82. The fourth-order valence-electron chi connectivity index (χ4n) is 4.59. The Balaban J connectivity index is 1.33. The molecule has 2 unspecified atom stereocenters. The van der Waals surface area contributed by atoms with Crippen LogP contribution in [-0.2, 0) is 27.2 Å². The van der Waals surface area contributed by atoms with Gasteiger partial charge in [-0.25, -0.2) is 4.79 Å². The number of amides is 5. The predicted octanol–water partition coefficient (Wildman–Crippen LogP) is 2.16. The maximum Gasteiger partial charge on any atom is 0.322 e. The molecule has 1 saturated heterocycles. The maximum absolute atomic E-state index is 12.9. The Hall–Kier alpha value is -3.59. The molecule has 10 heteroatoms. The van der Waals surface area contributed by atoms with Gasteiger partial charge in [0.15, 0.2) is 6.10 Å². The van der Waals surface area contributed by atoms with Gasteiger partial charge in [-0.05, 0) is 47.9 Å². The van der Waals surface area contributed by atoms with Crippen LogP contribution in [0.4, 0.5) is 16.2 Å². The van der Waals surface area contributed by atoms with Crippen LogP contribution in [0.5, 0.6) is 5.75 Å². The van der Waals surface area contributed by atoms with E-state index in [0.29, 0.717) is 41.4 Å². The average molecular weight is 469 g/mol. The summed E-state index contributed by atoms with van der Waals surface area (Å²) in [5, 5.41) is 8.25. The van der Waals surface area contributed by atoms with Crippen LogP contribution >= 0.6 is 11.6 Å². The van der Waals surface area contributed by atoms with Crippen LogP contribution in [0.25, 0.3) is 0 Å². The molecule has 1 aliphatic carbocycles. The molecule has 2 aromatic carbocycles. The van der Waals surface area contributed by atoms with Crippen molar-refractivity contribution >= 4 is 46.7 Å². The lowest BCUT2D eigenvalue weighted by Gasteiger charge is -2.33. The molecular formula is C23H21ClN4O5. The van der Waals surface area contributed by atoms with Gasteiger partial charge < -0.3 is 15.4 Å². The van der Waals surface area contributed by atoms with Crippen LogP contribution in [0.3, 0.4) is 0 Å². The van der Waals surface area contributed by atoms with Crippen LogP contribution in [0.2, 0.25) is 5.02 Å². The van der Waals surface area contributed by atoms with Gasteiger partial charge in [0.05, 0.1) is 5.69 Å². The van der Waals surface area contributed by atoms with Crippen molar-refractivity contribution in [3.63, 3.8) is 0 Å². The van der Waals surface area contributed by atoms with Crippen molar-refractivity contribution in [3.05, 3.63) is 52.5 Å². The molecule has 0 bridgehead atoms. The van der Waals surface area contributed by atoms with E-state index in [9.17, 15) is 19.2 Å². The molecule has 1 fully saturated rings. The molecule has 5 amide bonds. The van der Waals surface area contributed by atoms with Gasteiger partial charge >= 0.3 is 6.03 Å². The molecule has 5 rings (SSSR count). The summed E-state index contributed by atoms with van der Waals surface area (Å²) in [6.07, 6.45) is 0.535. The largest absolute Gasteiger partial charge is 0.478 e. The minimum absolute atomic E-state index is 0.203. The third-order valence-corrected chi connectivity index (χ3v) is 6.42. The van der Waals surface area contributed by atoms with E-state index in [-0.39, 0.29) is 24.3 Å². The summed E-state index contributed by atoms with van der Waals surface area (Å²) in [6, 6.07) is 9.83. The number of fused-ring (bicyclic) bond motifs is 2. The van der Waals surface area contributed by atoms with Crippen LogP contribution < -0.4 is 25.6 Å². The van der Waals surface area contributed by atoms with E-state index in [0.717, 1.165) is 11.1 Å². The molecule has 3 N–H and O–H groups in total. The second-order valence-corrected chi connectivity index (χ2v) is 8.86. The third kappa shape index (κ3) is 3.68. The molecule has 3 aliphatic rings. The van der Waals surface area contributed by atoms with Crippen molar-refractivity contribution < 1.29 is 23.9 Å². The highest BCUT2D eigenvalue weighted by molar-refractivity contribution is 6.31. The highest BCUT2D eigenvalue weighted by atomic mass is 35.5. The van der Waals surface area contributed by atoms with Gasteiger partial charge in [0.25, 0.3) is 11.8 Å². The number of carbonyl (C=O) groups is 4. The standard InChI is InChI=1S/C23H21ClN4O5/c1-2-17-20(30)28(16-8-14(24)4-6-18(16)33-17)11-19(29)25-15-5-3-12-9-23(10-13(12)7-15)21(31)26-22(32)27-23/h3-8,17H,2,9-11H2,1H3,(H,25,29)(H2,26,27,31,32). The Morgan fingerprint density at radius 2 is 1.97 bits per heavy atom. The second kappa shape index (κ2) is 7.77. The van der Waals surface area contributed by atoms with Crippen LogP contribution in [0.1, 0.15) is 24.5 Å². The van der Waals surface area contributed by atoms with Crippen molar-refractivity contribution in [2.75, 3.05) is 16.8 Å². The van der Waals surface area contributed by atoms with Crippen molar-refractivity contribution in [1.29, 1.82) is 0 Å². The molecule has 0 saturated carbocycles. The number of nitrogens with one attached hydrogen (secondary N) is 3. The fourth-order valence-corrected chi connectivity index (χ4v) is 4.76. The number of carbonyl (C=O) groups excluding carboxylic acids is 4. The van der Waals surface area contributed by atoms with Gasteiger partial charge in [-0.3, -0.25) is 24.6 Å². The zero-order valence-electron chi connectivity index (χ0n) is 17.7. The Kier molecular flexibility index (Phi) is 5.01. The molecule has 2 aliphatic heterocycles. The normalized spacial score (nSPS) is 23.0. The van der Waals surface area contributed by atoms with Gasteiger partial charge in [-0.15, -0.1) is 0 Å². The molecule has 1 spiro atoms. The van der Waals surface area contributed by atoms with Crippen molar-refractivity contribution in [1.82, 2.24) is 10.6 Å². The van der Waals surface area contributed by atoms with E-state index in [1.54, 1.807) is 30.3 Å². The summed E-state index contributed by atoms with van der Waals surface area (Å²) < 4.78 is 5.75. The Morgan fingerprint density at radius 3 is 2.70 bits per heavy atom. The number of nitrogens with zero attached hydrogens (tertiary/aromatic N) is 1. The number of ether oxygens (including phenoxy) is 1. The lowest BCUT2D eigenvalue weighted by Crippen LogP contribution is -2.48. The molecule has 9 nitrogen and oxygen atoms in total. The Bertz CT molecular complexity index is 1220. The summed E-state index contributed by atoms with van der Waals surface area (Å²) in [6.45, 7) is 1.64. The average Bonchev–Trinajstić information content (AvgIpc) is 3.27. The van der Waals surface area contributed by atoms with Crippen LogP contribution in [-0.4, -0.2) is 41.9 Å². The smallest absolute Gasteiger partial charge is 0.322 e. The first-order valence-corrected chi connectivity index (χ1v) is 11.0. The molecule has 33 heavy (non-hydrogen) atoms. The van der Waals surface area contributed by atoms with Gasteiger partial charge in [0, 0.05) is 23.6 Å². The number of halogens is 1. The van der Waals surface area contributed by atoms with Crippen LogP contribution in [0, 0.1) is 0 Å². The quantitative estimate of drug-likeness (QED) is 0.594. The van der Waals surface area contributed by atoms with Gasteiger partial charge in [0.2, 0.25) is 5.91 Å². The minimum Gasteiger partial charge on any atom is -0.478 e. The van der Waals surface area contributed by atoms with Crippen LogP contribution in [0.15, 0.2) is 36.4 Å². The number of benzene rings is 2. The molecule has 0 aromatic heterocycles. The van der Waals surface area contributed by atoms with E-state index in [4.69, 9.17) is 16.3 Å². The summed E-state index contributed by atoms with van der Waals surface area (Å²) in [4.78, 5) is 51.0. The lowest BCUT2D eigenvalue weighted by molar-refractivity contribution is -0.128. The fraction of sp³-hybridized carbons (Fsp3) is 0.304. The summed E-state index contributed by atoms with van der Waals surface area (Å²) in [7, 11) is 0. The molecule has 170 valence electrons. The summed E-state index contributed by atoms with van der Waals surface area (Å²) >= 11 is 6.10. The van der Waals surface area contributed by atoms with Crippen molar-refractivity contribution in [2.24, 2.45) is 0 Å². The Morgan fingerprint density at radius 1 is 1.18 bits per heavy atom. The van der Waals surface area contributed by atoms with Gasteiger partial charge in [0.1, 0.15) is 17.8 Å². The number of urea groups is 1. The number of anilines is 2. The molecule has 2 aromatic rings. The van der Waals surface area contributed by atoms with E-state index in [1.807, 2.05) is 13.0 Å². The number of imide groups is 1. The molecule has 2 atom stereocenters. The van der Waals surface area contributed by atoms with E-state index in [2.05, 4.69) is 16.0 Å². The number of hydrogen-bond acceptors (Lipinski definition) is 5. The zero-order valence-corrected chi connectivity index (χ0v) is 18.5. The second-order valence-electron chi connectivity index (χ2n) is 8.43. The zero-order chi connectivity index (χ0) is 23.3. The molecule has 2 heterocycles. The predicted molar refractivity (Wildman–Crippen MR) is 120 cm³/mol. The van der Waals surface area contributed by atoms with E-state index < -0.39 is 17.7 Å². The molecular weight excluding hydrogens is 448 g/mol. The number of rotatable bonds is 4. The monoisotopic (exact) mass is 468 g/mol. The molecule has 0 radical (unpaired) electrons. The first-order chi connectivity index (χ1) is 15.8. The first-order valence-electron chi connectivity index (χ1n) is 10.6. The topological polar surface area (TPSA) is 117 Å². The minimum atomic E-state index is -0.972. The third-order valence-electron chi connectivity index (χ3n) is 6.18. The van der Waals surface area contributed by atoms with E-state index >= 15 is 0 Å². The van der Waals surface area contributed by atoms with E-state index in [1.165, 1.54) is 4.90 Å².